The summed E-state index contributed by atoms with van der Waals surface area (Å²) in [5, 5.41) is 4.34. The fourth-order valence-corrected chi connectivity index (χ4v) is 17.7. The molecule has 0 bridgehead atoms. The van der Waals surface area contributed by atoms with Gasteiger partial charge in [0, 0.05) is 77.7 Å². The highest BCUT2D eigenvalue weighted by molar-refractivity contribution is 7.00. The van der Waals surface area contributed by atoms with Crippen LogP contribution in [0.3, 0.4) is 0 Å². The van der Waals surface area contributed by atoms with Gasteiger partial charge in [0.15, 0.2) is 0 Å². The van der Waals surface area contributed by atoms with Gasteiger partial charge < -0.3 is 18.6 Å². The Morgan fingerprint density at radius 2 is 0.528 bits per heavy atom. The molecule has 0 amide bonds. The number of rotatable bonds is 12. The first-order valence-corrected chi connectivity index (χ1v) is 37.2. The summed E-state index contributed by atoms with van der Waals surface area (Å²) in [6.07, 6.45) is 0. The first kappa shape index (κ1) is 62.6. The Labute approximate surface area is 627 Å². The summed E-state index contributed by atoms with van der Waals surface area (Å²) in [7, 11) is 0. The van der Waals surface area contributed by atoms with E-state index in [4.69, 9.17) is 8.83 Å². The predicted molar refractivity (Wildman–Crippen MR) is 454 cm³/mol. The van der Waals surface area contributed by atoms with Gasteiger partial charge >= 0.3 is 0 Å². The van der Waals surface area contributed by atoms with Crippen LogP contribution in [0.1, 0.15) is 5.56 Å². The van der Waals surface area contributed by atoms with E-state index < -0.39 is 0 Å². The zero-order valence-electron chi connectivity index (χ0n) is 59.2. The summed E-state index contributed by atoms with van der Waals surface area (Å²) in [6.45, 7) is 1.93. The summed E-state index contributed by atoms with van der Waals surface area (Å²) in [5.41, 5.74) is 36.6. The Balaban J connectivity index is 0.959. The molecule has 0 spiro atoms. The van der Waals surface area contributed by atoms with Crippen LogP contribution in [0.4, 0.5) is 34.1 Å². The molecule has 4 nitrogen and oxygen atoms in total. The number of fused-ring (bicyclic) bond motifs is 10. The fourth-order valence-electron chi connectivity index (χ4n) is 17.7. The van der Waals surface area contributed by atoms with E-state index >= 15 is 0 Å². The Morgan fingerprint density at radius 3 is 0.889 bits per heavy atom. The van der Waals surface area contributed by atoms with E-state index in [-0.39, 0.29) is 6.71 Å². The SMILES string of the molecule is Cc1cc2c3c(c1)N(c1c(-c4ccccc4)cc(-c4ccccc4)c(-c4ccccc4)c1-c1ccccc1)c1ccc(-c4cccc5c4oc4ccccc45)cc1B3c1cc(-c3cccc4c3oc3ccccc34)ccc1N2c1c(-c2ccccc2)cc(-c2ccccc2)c(-c2ccccc2)c1-c1ccccc1. The van der Waals surface area contributed by atoms with E-state index in [1.54, 1.807) is 0 Å². The molecular weight excluding hydrogens is 1310 g/mol. The lowest BCUT2D eigenvalue weighted by atomic mass is 9.33. The molecule has 0 fully saturated rings. The number of hydrogen-bond donors (Lipinski definition) is 0. The van der Waals surface area contributed by atoms with Crippen LogP contribution in [-0.2, 0) is 0 Å². The first-order chi connectivity index (χ1) is 53.5. The molecule has 19 aromatic rings. The van der Waals surface area contributed by atoms with Crippen molar-refractivity contribution in [2.45, 2.75) is 6.92 Å². The molecule has 5 heteroatoms. The van der Waals surface area contributed by atoms with Crippen LogP contribution < -0.4 is 26.2 Å². The molecule has 2 aliphatic heterocycles. The molecule has 2 aromatic heterocycles. The third-order valence-corrected chi connectivity index (χ3v) is 22.3. The van der Waals surface area contributed by atoms with Crippen molar-refractivity contribution in [2.24, 2.45) is 0 Å². The molecule has 0 saturated heterocycles. The van der Waals surface area contributed by atoms with Crippen LogP contribution in [0.2, 0.25) is 0 Å². The lowest BCUT2D eigenvalue weighted by Gasteiger charge is -2.46. The maximum Gasteiger partial charge on any atom is 0.252 e. The number of furan rings is 2. The van der Waals surface area contributed by atoms with Gasteiger partial charge in [-0.25, -0.2) is 0 Å². The number of aryl methyl sites for hydroxylation is 1. The second-order valence-corrected chi connectivity index (χ2v) is 28.5. The number of para-hydroxylation sites is 4. The maximum atomic E-state index is 7.05. The van der Waals surface area contributed by atoms with Crippen molar-refractivity contribution in [3.05, 3.63) is 394 Å². The Hall–Kier alpha value is -14.0. The highest BCUT2D eigenvalue weighted by Gasteiger charge is 2.47. The molecule has 0 atom stereocenters. The average molecular weight is 1380 g/mol. The Kier molecular flexibility index (Phi) is 14.9. The number of hydrogen-bond acceptors (Lipinski definition) is 4. The normalized spacial score (nSPS) is 12.2. The zero-order chi connectivity index (χ0) is 71.3. The van der Waals surface area contributed by atoms with Gasteiger partial charge in [0.25, 0.3) is 6.71 Å². The van der Waals surface area contributed by atoms with Gasteiger partial charge in [0.1, 0.15) is 22.3 Å². The number of benzene rings is 17. The minimum Gasteiger partial charge on any atom is -0.455 e. The van der Waals surface area contributed by atoms with Crippen molar-refractivity contribution >= 4 is 101 Å². The molecule has 17 aromatic carbocycles. The van der Waals surface area contributed by atoms with Crippen molar-refractivity contribution < 1.29 is 8.83 Å². The monoisotopic (exact) mass is 1370 g/mol. The summed E-state index contributed by atoms with van der Waals surface area (Å²) in [4.78, 5) is 5.36. The molecule has 108 heavy (non-hydrogen) atoms. The highest BCUT2D eigenvalue weighted by atomic mass is 16.3. The van der Waals surface area contributed by atoms with E-state index in [1.165, 1.54) is 5.46 Å². The van der Waals surface area contributed by atoms with Crippen molar-refractivity contribution in [3.63, 3.8) is 0 Å². The molecule has 4 heterocycles. The minimum atomic E-state index is -0.368. The largest absolute Gasteiger partial charge is 0.455 e. The molecule has 2 aliphatic rings. The smallest absolute Gasteiger partial charge is 0.252 e. The average Bonchev–Trinajstić information content (AvgIpc) is 0.735. The topological polar surface area (TPSA) is 32.8 Å². The van der Waals surface area contributed by atoms with Crippen LogP contribution in [0.25, 0.3) is 155 Å². The van der Waals surface area contributed by atoms with Crippen molar-refractivity contribution in [1.82, 2.24) is 0 Å². The number of anilines is 6. The van der Waals surface area contributed by atoms with Gasteiger partial charge in [0.05, 0.1) is 11.4 Å². The summed E-state index contributed by atoms with van der Waals surface area (Å²) < 4.78 is 14.1. The van der Waals surface area contributed by atoms with E-state index in [1.807, 2.05) is 0 Å². The Bertz CT molecular complexity index is 6310. The van der Waals surface area contributed by atoms with E-state index in [2.05, 4.69) is 405 Å². The summed E-state index contributed by atoms with van der Waals surface area (Å²) in [5.74, 6) is 0. The van der Waals surface area contributed by atoms with Crippen molar-refractivity contribution in [1.29, 1.82) is 0 Å². The molecule has 504 valence electrons. The van der Waals surface area contributed by atoms with Gasteiger partial charge in [-0.15, -0.1) is 0 Å². The van der Waals surface area contributed by atoms with Crippen LogP contribution in [-0.4, -0.2) is 6.71 Å². The van der Waals surface area contributed by atoms with Crippen LogP contribution >= 0.6 is 0 Å². The molecule has 0 aliphatic carbocycles. The lowest BCUT2D eigenvalue weighted by molar-refractivity contribution is 0.669. The van der Waals surface area contributed by atoms with Gasteiger partial charge in [0.2, 0.25) is 0 Å². The summed E-state index contributed by atoms with van der Waals surface area (Å²) >= 11 is 0. The summed E-state index contributed by atoms with van der Waals surface area (Å²) in [6, 6.07) is 143. The van der Waals surface area contributed by atoms with Crippen LogP contribution in [0.5, 0.6) is 0 Å². The molecule has 21 rings (SSSR count). The van der Waals surface area contributed by atoms with E-state index in [0.29, 0.717) is 0 Å². The first-order valence-electron chi connectivity index (χ1n) is 37.2. The molecular formula is C103H67BN2O2. The van der Waals surface area contributed by atoms with Crippen molar-refractivity contribution in [2.75, 3.05) is 9.80 Å². The second kappa shape index (κ2) is 25.7. The fraction of sp³-hybridized carbons (Fsp3) is 0.00971. The molecule has 0 saturated carbocycles. The zero-order valence-corrected chi connectivity index (χ0v) is 59.2. The standard InChI is InChI=1S/C103H67BN2O2/c1-66-60-91-99-92(61-66)106(101-86(70-38-16-5-17-39-70)65-84(68-34-12-3-13-35-68)96(72-42-20-7-21-43-72)98(101)74-46-24-9-25-47-74)90-59-57-76(78-51-31-53-82-80-49-27-29-55-94(80)108-103(78)82)63-88(90)104(99)87-62-75(77-50-30-52-81-79-48-26-28-54-93(79)107-102(77)81)56-58-89(87)105(91)100-85(69-36-14-4-15-37-69)64-83(67-32-10-2-11-33-67)95(71-40-18-6-19-41-71)97(100)73-44-22-8-23-45-73/h2-65H,1H3. The van der Waals surface area contributed by atoms with Crippen LogP contribution in [0, 0.1) is 6.92 Å². The quantitative estimate of drug-likeness (QED) is 0.114. The van der Waals surface area contributed by atoms with Crippen LogP contribution in [0.15, 0.2) is 397 Å². The third kappa shape index (κ3) is 10.1. The van der Waals surface area contributed by atoms with Gasteiger partial charge in [-0.05, 0) is 155 Å². The molecule has 0 unspecified atom stereocenters. The van der Waals surface area contributed by atoms with Gasteiger partial charge in [-0.3, -0.25) is 0 Å². The molecule has 0 N–H and O–H groups in total. The predicted octanol–water partition coefficient (Wildman–Crippen LogP) is 26.5. The molecule has 0 radical (unpaired) electrons. The van der Waals surface area contributed by atoms with E-state index in [9.17, 15) is 0 Å². The van der Waals surface area contributed by atoms with Gasteiger partial charge in [-0.2, -0.15) is 0 Å². The van der Waals surface area contributed by atoms with Crippen molar-refractivity contribution in [3.8, 4) is 111 Å². The second-order valence-electron chi connectivity index (χ2n) is 28.5. The lowest BCUT2D eigenvalue weighted by Crippen LogP contribution is -2.61. The number of nitrogens with zero attached hydrogens (tertiary/aromatic N) is 2. The third-order valence-electron chi connectivity index (χ3n) is 22.3. The highest BCUT2D eigenvalue weighted by Crippen LogP contribution is 2.59. The van der Waals surface area contributed by atoms with Gasteiger partial charge in [-0.1, -0.05) is 340 Å². The Morgan fingerprint density at radius 1 is 0.222 bits per heavy atom. The van der Waals surface area contributed by atoms with E-state index in [0.717, 1.165) is 206 Å². The maximum absolute atomic E-state index is 7.05. The minimum absolute atomic E-state index is 0.368.